The van der Waals surface area contributed by atoms with Crippen molar-refractivity contribution in [1.29, 1.82) is 0 Å². The number of nitrogens with zero attached hydrogens (tertiary/aromatic N) is 4. The van der Waals surface area contributed by atoms with Crippen LogP contribution in [0.5, 0.6) is 0 Å². The first kappa shape index (κ1) is 18.9. The van der Waals surface area contributed by atoms with Crippen molar-refractivity contribution < 1.29 is 9.59 Å². The van der Waals surface area contributed by atoms with Gasteiger partial charge in [0.2, 0.25) is 5.91 Å². The van der Waals surface area contributed by atoms with Gasteiger partial charge in [0.25, 0.3) is 5.91 Å². The number of rotatable bonds is 4. The first-order chi connectivity index (χ1) is 12.8. The topological polar surface area (TPSA) is 96.5 Å². The molecule has 0 aliphatic carbocycles. The largest absolute Gasteiger partial charge is 0.383 e. The molecule has 2 aromatic rings. The highest BCUT2D eigenvalue weighted by atomic mass is 16.2. The maximum Gasteiger partial charge on any atom is 0.261 e. The zero-order valence-corrected chi connectivity index (χ0v) is 16.0. The van der Waals surface area contributed by atoms with Crippen LogP contribution >= 0.6 is 0 Å². The second kappa shape index (κ2) is 7.79. The number of hydrogen-bond donors (Lipinski definition) is 2. The van der Waals surface area contributed by atoms with Crippen molar-refractivity contribution in [2.24, 2.45) is 7.05 Å². The minimum atomic E-state index is -0.305. The fourth-order valence-electron chi connectivity index (χ4n) is 3.25. The highest BCUT2D eigenvalue weighted by Gasteiger charge is 2.20. The molecule has 2 heterocycles. The van der Waals surface area contributed by atoms with Crippen molar-refractivity contribution in [1.82, 2.24) is 19.6 Å². The smallest absolute Gasteiger partial charge is 0.261 e. The highest BCUT2D eigenvalue weighted by molar-refractivity contribution is 6.08. The molecule has 0 saturated carbocycles. The van der Waals surface area contributed by atoms with Crippen LogP contribution in [0.25, 0.3) is 0 Å². The molecule has 0 radical (unpaired) electrons. The molecule has 1 aliphatic rings. The van der Waals surface area contributed by atoms with Gasteiger partial charge in [-0.3, -0.25) is 14.3 Å². The average Bonchev–Trinajstić information content (AvgIpc) is 2.88. The molecule has 1 aromatic carbocycles. The molecular formula is C19H26N6O2. The molecule has 3 N–H and O–H groups in total. The Kier molecular flexibility index (Phi) is 5.46. The Labute approximate surface area is 158 Å². The summed E-state index contributed by atoms with van der Waals surface area (Å²) < 4.78 is 1.48. The van der Waals surface area contributed by atoms with E-state index in [1.807, 2.05) is 23.1 Å². The lowest BCUT2D eigenvalue weighted by atomic mass is 10.1. The van der Waals surface area contributed by atoms with Crippen LogP contribution in [0, 0.1) is 6.92 Å². The van der Waals surface area contributed by atoms with Gasteiger partial charge in [0.15, 0.2) is 0 Å². The van der Waals surface area contributed by atoms with E-state index in [2.05, 4.69) is 22.4 Å². The average molecular weight is 370 g/mol. The van der Waals surface area contributed by atoms with Gasteiger partial charge >= 0.3 is 0 Å². The molecule has 2 amide bonds. The first-order valence-corrected chi connectivity index (χ1v) is 9.01. The van der Waals surface area contributed by atoms with Crippen LogP contribution in [0.2, 0.25) is 0 Å². The highest BCUT2D eigenvalue weighted by Crippen LogP contribution is 2.19. The second-order valence-electron chi connectivity index (χ2n) is 6.98. The van der Waals surface area contributed by atoms with Crippen LogP contribution in [-0.2, 0) is 18.3 Å². The lowest BCUT2D eigenvalue weighted by Gasteiger charge is -2.32. The number of hydrogen-bond acceptors (Lipinski definition) is 5. The fourth-order valence-corrected chi connectivity index (χ4v) is 3.25. The van der Waals surface area contributed by atoms with E-state index in [1.54, 1.807) is 20.0 Å². The SMILES string of the molecule is Cc1nn(C)c(N)c1C(=O)Nc1cccc(CC(=O)N2CCN(C)CC2)c1. The summed E-state index contributed by atoms with van der Waals surface area (Å²) >= 11 is 0. The third-order valence-electron chi connectivity index (χ3n) is 4.89. The third-order valence-corrected chi connectivity index (χ3v) is 4.89. The molecule has 0 atom stereocenters. The molecule has 0 unspecified atom stereocenters. The summed E-state index contributed by atoms with van der Waals surface area (Å²) in [6.07, 6.45) is 0.321. The number of nitrogens with one attached hydrogen (secondary N) is 1. The number of amides is 2. The number of aryl methyl sites for hydroxylation is 2. The maximum absolute atomic E-state index is 12.6. The minimum Gasteiger partial charge on any atom is -0.383 e. The van der Waals surface area contributed by atoms with Gasteiger partial charge in [-0.05, 0) is 31.7 Å². The Balaban J connectivity index is 1.66. The van der Waals surface area contributed by atoms with Crippen molar-refractivity contribution in [3.8, 4) is 0 Å². The number of carbonyl (C=O) groups is 2. The number of aromatic nitrogens is 2. The standard InChI is InChI=1S/C19H26N6O2/c1-13-17(18(20)24(3)22-13)19(27)21-15-6-4-5-14(11-15)12-16(26)25-9-7-23(2)8-10-25/h4-6,11H,7-10,12,20H2,1-3H3,(H,21,27). The summed E-state index contributed by atoms with van der Waals surface area (Å²) in [4.78, 5) is 29.2. The Hall–Kier alpha value is -2.87. The Bertz CT molecular complexity index is 852. The zero-order valence-electron chi connectivity index (χ0n) is 16.0. The molecule has 1 aromatic heterocycles. The van der Waals surface area contributed by atoms with Gasteiger partial charge < -0.3 is 20.9 Å². The molecule has 3 rings (SSSR count). The van der Waals surface area contributed by atoms with Crippen molar-refractivity contribution in [2.45, 2.75) is 13.3 Å². The van der Waals surface area contributed by atoms with Crippen LogP contribution < -0.4 is 11.1 Å². The van der Waals surface area contributed by atoms with Crippen LogP contribution in [0.3, 0.4) is 0 Å². The van der Waals surface area contributed by atoms with Crippen molar-refractivity contribution in [3.63, 3.8) is 0 Å². The first-order valence-electron chi connectivity index (χ1n) is 9.01. The van der Waals surface area contributed by atoms with Crippen molar-refractivity contribution in [2.75, 3.05) is 44.3 Å². The predicted molar refractivity (Wildman–Crippen MR) is 105 cm³/mol. The fraction of sp³-hybridized carbons (Fsp3) is 0.421. The normalized spacial score (nSPS) is 15.0. The molecule has 27 heavy (non-hydrogen) atoms. The number of anilines is 2. The summed E-state index contributed by atoms with van der Waals surface area (Å²) in [6, 6.07) is 7.35. The van der Waals surface area contributed by atoms with E-state index in [4.69, 9.17) is 5.73 Å². The van der Waals surface area contributed by atoms with Crippen LogP contribution in [0.15, 0.2) is 24.3 Å². The Morgan fingerprint density at radius 3 is 2.52 bits per heavy atom. The van der Waals surface area contributed by atoms with E-state index in [-0.39, 0.29) is 11.8 Å². The van der Waals surface area contributed by atoms with Crippen LogP contribution in [0.1, 0.15) is 21.6 Å². The van der Waals surface area contributed by atoms with Gasteiger partial charge in [-0.15, -0.1) is 0 Å². The van der Waals surface area contributed by atoms with Gasteiger partial charge in [-0.2, -0.15) is 5.10 Å². The molecule has 8 heteroatoms. The minimum absolute atomic E-state index is 0.110. The van der Waals surface area contributed by atoms with Gasteiger partial charge in [0.05, 0.1) is 12.1 Å². The third kappa shape index (κ3) is 4.28. The molecule has 1 aliphatic heterocycles. The van der Waals surface area contributed by atoms with Gasteiger partial charge in [-0.1, -0.05) is 12.1 Å². The molecule has 144 valence electrons. The summed E-state index contributed by atoms with van der Waals surface area (Å²) in [7, 11) is 3.76. The molecule has 0 bridgehead atoms. The van der Waals surface area contributed by atoms with Crippen LogP contribution in [-0.4, -0.2) is 64.6 Å². The van der Waals surface area contributed by atoms with E-state index in [0.29, 0.717) is 29.2 Å². The second-order valence-corrected chi connectivity index (χ2v) is 6.98. The lowest BCUT2D eigenvalue weighted by molar-refractivity contribution is -0.132. The molecule has 8 nitrogen and oxygen atoms in total. The molecule has 0 spiro atoms. The summed E-state index contributed by atoms with van der Waals surface area (Å²) in [5, 5.41) is 7.01. The number of benzene rings is 1. The van der Waals surface area contributed by atoms with Crippen molar-refractivity contribution >= 4 is 23.3 Å². The van der Waals surface area contributed by atoms with E-state index >= 15 is 0 Å². The zero-order chi connectivity index (χ0) is 19.6. The Morgan fingerprint density at radius 2 is 1.89 bits per heavy atom. The maximum atomic E-state index is 12.6. The molecular weight excluding hydrogens is 344 g/mol. The van der Waals surface area contributed by atoms with Gasteiger partial charge in [0.1, 0.15) is 11.4 Å². The van der Waals surface area contributed by atoms with E-state index in [0.717, 1.165) is 31.7 Å². The number of piperazine rings is 1. The molecule has 1 saturated heterocycles. The molecule has 1 fully saturated rings. The van der Waals surface area contributed by atoms with Gasteiger partial charge in [-0.25, -0.2) is 0 Å². The van der Waals surface area contributed by atoms with E-state index in [9.17, 15) is 9.59 Å². The van der Waals surface area contributed by atoms with Crippen LogP contribution in [0.4, 0.5) is 11.5 Å². The number of nitrogens with two attached hydrogens (primary N) is 1. The number of nitrogen functional groups attached to an aromatic ring is 1. The predicted octanol–water partition coefficient (Wildman–Crippen LogP) is 0.880. The quantitative estimate of drug-likeness (QED) is 0.833. The summed E-state index contributed by atoms with van der Waals surface area (Å²) in [6.45, 7) is 5.05. The van der Waals surface area contributed by atoms with E-state index in [1.165, 1.54) is 4.68 Å². The van der Waals surface area contributed by atoms with Gasteiger partial charge in [0, 0.05) is 38.9 Å². The summed E-state index contributed by atoms with van der Waals surface area (Å²) in [5.41, 5.74) is 8.38. The summed E-state index contributed by atoms with van der Waals surface area (Å²) in [5.74, 6) is 0.131. The van der Waals surface area contributed by atoms with Crippen molar-refractivity contribution in [3.05, 3.63) is 41.1 Å². The number of carbonyl (C=O) groups excluding carboxylic acids is 2. The van der Waals surface area contributed by atoms with E-state index < -0.39 is 0 Å². The lowest BCUT2D eigenvalue weighted by Crippen LogP contribution is -2.47. The Morgan fingerprint density at radius 1 is 1.19 bits per heavy atom. The number of likely N-dealkylation sites (N-methyl/N-ethyl adjacent to an activating group) is 1. The monoisotopic (exact) mass is 370 g/mol.